The zero-order valence-corrected chi connectivity index (χ0v) is 14.7. The van der Waals surface area contributed by atoms with Gasteiger partial charge in [0.2, 0.25) is 0 Å². The van der Waals surface area contributed by atoms with Gasteiger partial charge in [-0.05, 0) is 63.4 Å². The van der Waals surface area contributed by atoms with Crippen molar-refractivity contribution >= 4 is 41.7 Å². The standard InChI is InChI=1S/C12H16Br2O4S/c1-8(2)19(16,17)4-3-18-12-10(13)5-9(7-15)6-11(12)14/h5-6,8,15H,3-4,7H2,1-2H3. The van der Waals surface area contributed by atoms with Crippen LogP contribution >= 0.6 is 31.9 Å². The van der Waals surface area contributed by atoms with E-state index in [1.807, 2.05) is 0 Å². The van der Waals surface area contributed by atoms with Crippen LogP contribution in [0.15, 0.2) is 21.1 Å². The Bertz CT molecular complexity index is 518. The lowest BCUT2D eigenvalue weighted by Gasteiger charge is -2.13. The zero-order valence-electron chi connectivity index (χ0n) is 10.7. The monoisotopic (exact) mass is 414 g/mol. The topological polar surface area (TPSA) is 63.6 Å². The Hall–Kier alpha value is -0.110. The minimum Gasteiger partial charge on any atom is -0.490 e. The van der Waals surface area contributed by atoms with Gasteiger partial charge in [0.15, 0.2) is 9.84 Å². The van der Waals surface area contributed by atoms with Gasteiger partial charge in [0.1, 0.15) is 12.4 Å². The number of benzene rings is 1. The first kappa shape index (κ1) is 16.9. The van der Waals surface area contributed by atoms with Gasteiger partial charge < -0.3 is 9.84 Å². The molecule has 1 rings (SSSR count). The first-order valence-corrected chi connectivity index (χ1v) is 9.01. The summed E-state index contributed by atoms with van der Waals surface area (Å²) in [6.45, 7) is 3.32. The molecule has 0 aliphatic rings. The number of aliphatic hydroxyl groups is 1. The van der Waals surface area contributed by atoms with Crippen LogP contribution in [0.5, 0.6) is 5.75 Å². The second kappa shape index (κ2) is 7.06. The summed E-state index contributed by atoms with van der Waals surface area (Å²) in [7, 11) is -3.10. The van der Waals surface area contributed by atoms with E-state index in [2.05, 4.69) is 31.9 Å². The van der Waals surface area contributed by atoms with E-state index >= 15 is 0 Å². The highest BCUT2D eigenvalue weighted by Crippen LogP contribution is 2.34. The molecule has 0 spiro atoms. The molecule has 7 heteroatoms. The molecule has 0 atom stereocenters. The highest BCUT2D eigenvalue weighted by Gasteiger charge is 2.17. The molecule has 19 heavy (non-hydrogen) atoms. The molecule has 0 bridgehead atoms. The van der Waals surface area contributed by atoms with Crippen molar-refractivity contribution in [3.8, 4) is 5.75 Å². The summed E-state index contributed by atoms with van der Waals surface area (Å²) >= 11 is 6.67. The third kappa shape index (κ3) is 4.73. The van der Waals surface area contributed by atoms with E-state index in [1.165, 1.54) is 0 Å². The van der Waals surface area contributed by atoms with Gasteiger partial charge in [-0.25, -0.2) is 8.42 Å². The normalized spacial score (nSPS) is 11.9. The third-order valence-corrected chi connectivity index (χ3v) is 5.92. The molecule has 108 valence electrons. The molecule has 0 radical (unpaired) electrons. The van der Waals surface area contributed by atoms with Gasteiger partial charge in [0, 0.05) is 0 Å². The summed E-state index contributed by atoms with van der Waals surface area (Å²) in [6, 6.07) is 3.47. The summed E-state index contributed by atoms with van der Waals surface area (Å²) in [5.74, 6) is 0.516. The molecule has 0 unspecified atom stereocenters. The molecule has 4 nitrogen and oxygen atoms in total. The molecule has 0 aromatic heterocycles. The van der Waals surface area contributed by atoms with Crippen molar-refractivity contribution in [1.29, 1.82) is 0 Å². The van der Waals surface area contributed by atoms with Gasteiger partial charge in [-0.1, -0.05) is 0 Å². The first-order valence-electron chi connectivity index (χ1n) is 5.71. The van der Waals surface area contributed by atoms with E-state index in [0.717, 1.165) is 5.56 Å². The number of hydrogen-bond donors (Lipinski definition) is 1. The van der Waals surface area contributed by atoms with Crippen LogP contribution in [-0.4, -0.2) is 31.1 Å². The van der Waals surface area contributed by atoms with E-state index in [0.29, 0.717) is 14.7 Å². The Morgan fingerprint density at radius 1 is 1.26 bits per heavy atom. The zero-order chi connectivity index (χ0) is 14.6. The maximum absolute atomic E-state index is 11.7. The third-order valence-electron chi connectivity index (χ3n) is 2.57. The van der Waals surface area contributed by atoms with Crippen molar-refractivity contribution < 1.29 is 18.3 Å². The van der Waals surface area contributed by atoms with E-state index in [9.17, 15) is 8.42 Å². The van der Waals surface area contributed by atoms with Crippen molar-refractivity contribution in [2.75, 3.05) is 12.4 Å². The molecule has 1 N–H and O–H groups in total. The number of halogens is 2. The molecule has 1 aromatic carbocycles. The van der Waals surface area contributed by atoms with Gasteiger partial charge in [-0.3, -0.25) is 0 Å². The Balaban J connectivity index is 2.74. The summed E-state index contributed by atoms with van der Waals surface area (Å²) < 4.78 is 30.2. The van der Waals surface area contributed by atoms with Crippen LogP contribution in [0.1, 0.15) is 19.4 Å². The average molecular weight is 416 g/mol. The molecule has 0 saturated heterocycles. The van der Waals surface area contributed by atoms with Crippen LogP contribution in [-0.2, 0) is 16.4 Å². The first-order chi connectivity index (χ1) is 8.77. The predicted molar refractivity (Wildman–Crippen MR) is 82.2 cm³/mol. The molecule has 0 heterocycles. The summed E-state index contributed by atoms with van der Waals surface area (Å²) in [6.07, 6.45) is 0. The second-order valence-corrected chi connectivity index (χ2v) is 8.70. The molecule has 0 saturated carbocycles. The fourth-order valence-corrected chi connectivity index (χ4v) is 3.63. The van der Waals surface area contributed by atoms with Crippen molar-refractivity contribution in [2.24, 2.45) is 0 Å². The number of rotatable bonds is 6. The Labute approximate surface area is 130 Å². The largest absolute Gasteiger partial charge is 0.490 e. The number of sulfone groups is 1. The van der Waals surface area contributed by atoms with Crippen molar-refractivity contribution in [3.63, 3.8) is 0 Å². The Morgan fingerprint density at radius 2 is 1.79 bits per heavy atom. The quantitative estimate of drug-likeness (QED) is 0.775. The smallest absolute Gasteiger partial charge is 0.155 e. The van der Waals surface area contributed by atoms with Gasteiger partial charge >= 0.3 is 0 Å². The van der Waals surface area contributed by atoms with Crippen LogP contribution in [0.2, 0.25) is 0 Å². The van der Waals surface area contributed by atoms with Crippen LogP contribution in [0, 0.1) is 0 Å². The van der Waals surface area contributed by atoms with Crippen LogP contribution in [0.25, 0.3) is 0 Å². The maximum Gasteiger partial charge on any atom is 0.155 e. The molecular formula is C12H16Br2O4S. The van der Waals surface area contributed by atoms with Crippen LogP contribution in [0.3, 0.4) is 0 Å². The van der Waals surface area contributed by atoms with E-state index in [-0.39, 0.29) is 19.0 Å². The lowest BCUT2D eigenvalue weighted by atomic mass is 10.2. The van der Waals surface area contributed by atoms with Crippen molar-refractivity contribution in [2.45, 2.75) is 25.7 Å². The van der Waals surface area contributed by atoms with E-state index in [1.54, 1.807) is 26.0 Å². The van der Waals surface area contributed by atoms with Crippen LogP contribution < -0.4 is 4.74 Å². The molecule has 1 aromatic rings. The molecule has 0 aliphatic carbocycles. The fraction of sp³-hybridized carbons (Fsp3) is 0.500. The van der Waals surface area contributed by atoms with E-state index < -0.39 is 15.1 Å². The minimum absolute atomic E-state index is 0.0225. The van der Waals surface area contributed by atoms with Gasteiger partial charge in [0.05, 0.1) is 26.6 Å². The van der Waals surface area contributed by atoms with Crippen molar-refractivity contribution in [1.82, 2.24) is 0 Å². The van der Waals surface area contributed by atoms with Gasteiger partial charge in [0.25, 0.3) is 0 Å². The predicted octanol–water partition coefficient (Wildman–Crippen LogP) is 2.91. The van der Waals surface area contributed by atoms with Crippen LogP contribution in [0.4, 0.5) is 0 Å². The summed E-state index contributed by atoms with van der Waals surface area (Å²) in [5, 5.41) is 8.66. The van der Waals surface area contributed by atoms with Crippen molar-refractivity contribution in [3.05, 3.63) is 26.6 Å². The molecule has 0 fully saturated rings. The highest BCUT2D eigenvalue weighted by atomic mass is 79.9. The van der Waals surface area contributed by atoms with Gasteiger partial charge in [-0.2, -0.15) is 0 Å². The average Bonchev–Trinajstić information content (AvgIpc) is 2.32. The fourth-order valence-electron chi connectivity index (χ4n) is 1.34. The maximum atomic E-state index is 11.7. The molecule has 0 amide bonds. The number of ether oxygens (including phenoxy) is 1. The molecular weight excluding hydrogens is 400 g/mol. The SMILES string of the molecule is CC(C)S(=O)(=O)CCOc1c(Br)cc(CO)cc1Br. The second-order valence-electron chi connectivity index (χ2n) is 4.31. The summed E-state index contributed by atoms with van der Waals surface area (Å²) in [5.41, 5.74) is 0.737. The summed E-state index contributed by atoms with van der Waals surface area (Å²) in [4.78, 5) is 0. The van der Waals surface area contributed by atoms with E-state index in [4.69, 9.17) is 9.84 Å². The highest BCUT2D eigenvalue weighted by molar-refractivity contribution is 9.11. The molecule has 0 aliphatic heterocycles. The lowest BCUT2D eigenvalue weighted by molar-refractivity contribution is 0.281. The minimum atomic E-state index is -3.10. The lowest BCUT2D eigenvalue weighted by Crippen LogP contribution is -2.22. The number of hydrogen-bond acceptors (Lipinski definition) is 4. The Morgan fingerprint density at radius 3 is 2.21 bits per heavy atom. The number of aliphatic hydroxyl groups excluding tert-OH is 1. The Kier molecular flexibility index (Phi) is 6.29. The van der Waals surface area contributed by atoms with Gasteiger partial charge in [-0.15, -0.1) is 0 Å².